The minimum absolute atomic E-state index is 0.153. The number of hydrogen-bond donors (Lipinski definition) is 2. The van der Waals surface area contributed by atoms with Crippen molar-refractivity contribution in [1.29, 1.82) is 0 Å². The van der Waals surface area contributed by atoms with E-state index in [0.717, 1.165) is 12.2 Å². The Hall–Kier alpha value is -1.07. The number of nitrogens with one attached hydrogen (secondary N) is 1. The predicted octanol–water partition coefficient (Wildman–Crippen LogP) is 2.33. The van der Waals surface area contributed by atoms with Crippen LogP contribution in [0.5, 0.6) is 0 Å². The molecule has 1 aliphatic rings. The molecule has 1 aliphatic carbocycles. The van der Waals surface area contributed by atoms with Crippen molar-refractivity contribution in [3.05, 3.63) is 24.3 Å². The van der Waals surface area contributed by atoms with Gasteiger partial charge in [-0.3, -0.25) is 0 Å². The van der Waals surface area contributed by atoms with E-state index in [1.54, 1.807) is 12.1 Å². The topological polar surface area (TPSA) is 72.2 Å². The lowest BCUT2D eigenvalue weighted by Gasteiger charge is -2.24. The summed E-state index contributed by atoms with van der Waals surface area (Å²) in [4.78, 5) is 0.153. The first-order chi connectivity index (χ1) is 8.39. The molecule has 100 valence electrons. The maximum Gasteiger partial charge on any atom is 0.238 e. The lowest BCUT2D eigenvalue weighted by atomic mass is 9.89. The largest absolute Gasteiger partial charge is 0.384 e. The zero-order chi connectivity index (χ0) is 13.2. The molecular formula is C13H20N2O2S. The van der Waals surface area contributed by atoms with Gasteiger partial charge in [0.1, 0.15) is 0 Å². The number of rotatable bonds is 4. The molecule has 2 rings (SSSR count). The highest BCUT2D eigenvalue weighted by Crippen LogP contribution is 2.37. The van der Waals surface area contributed by atoms with Gasteiger partial charge in [0.15, 0.2) is 0 Å². The maximum absolute atomic E-state index is 11.1. The van der Waals surface area contributed by atoms with E-state index in [4.69, 9.17) is 5.14 Å². The Kier molecular flexibility index (Phi) is 3.64. The quantitative estimate of drug-likeness (QED) is 0.880. The summed E-state index contributed by atoms with van der Waals surface area (Å²) in [5.41, 5.74) is 1.31. The van der Waals surface area contributed by atoms with E-state index >= 15 is 0 Å². The zero-order valence-electron chi connectivity index (χ0n) is 10.6. The van der Waals surface area contributed by atoms with Crippen molar-refractivity contribution in [2.24, 2.45) is 10.6 Å². The summed E-state index contributed by atoms with van der Waals surface area (Å²) in [6.45, 7) is 3.23. The first kappa shape index (κ1) is 13.4. The number of benzene rings is 1. The van der Waals surface area contributed by atoms with Crippen LogP contribution >= 0.6 is 0 Å². The van der Waals surface area contributed by atoms with Gasteiger partial charge in [0.05, 0.1) is 4.90 Å². The number of nitrogens with two attached hydrogens (primary N) is 1. The highest BCUT2D eigenvalue weighted by Gasteiger charge is 2.28. The first-order valence-electron chi connectivity index (χ1n) is 6.26. The molecular weight excluding hydrogens is 248 g/mol. The van der Waals surface area contributed by atoms with Crippen molar-refractivity contribution in [2.75, 3.05) is 11.9 Å². The van der Waals surface area contributed by atoms with E-state index in [1.807, 2.05) is 0 Å². The van der Waals surface area contributed by atoms with Gasteiger partial charge in [0.25, 0.3) is 0 Å². The molecule has 0 saturated heterocycles. The summed E-state index contributed by atoms with van der Waals surface area (Å²) in [6, 6.07) is 6.60. The second-order valence-corrected chi connectivity index (χ2v) is 7.00. The van der Waals surface area contributed by atoms with Crippen LogP contribution in [0.25, 0.3) is 0 Å². The van der Waals surface area contributed by atoms with Crippen molar-refractivity contribution in [3.8, 4) is 0 Å². The molecule has 0 atom stereocenters. The molecule has 0 bridgehead atoms. The van der Waals surface area contributed by atoms with Crippen LogP contribution in [0.2, 0.25) is 0 Å². The summed E-state index contributed by atoms with van der Waals surface area (Å²) < 4.78 is 22.2. The van der Waals surface area contributed by atoms with Crippen molar-refractivity contribution in [3.63, 3.8) is 0 Å². The second kappa shape index (κ2) is 4.90. The highest BCUT2D eigenvalue weighted by atomic mass is 32.2. The Bertz CT molecular complexity index is 502. The summed E-state index contributed by atoms with van der Waals surface area (Å²) >= 11 is 0. The van der Waals surface area contributed by atoms with Crippen molar-refractivity contribution >= 4 is 15.7 Å². The Morgan fingerprint density at radius 1 is 1.22 bits per heavy atom. The third kappa shape index (κ3) is 3.23. The van der Waals surface area contributed by atoms with Crippen LogP contribution in [0, 0.1) is 5.41 Å². The Labute approximate surface area is 109 Å². The van der Waals surface area contributed by atoms with Crippen LogP contribution in [0.3, 0.4) is 0 Å². The van der Waals surface area contributed by atoms with E-state index < -0.39 is 10.0 Å². The Morgan fingerprint density at radius 3 is 2.28 bits per heavy atom. The molecule has 0 unspecified atom stereocenters. The van der Waals surface area contributed by atoms with E-state index in [1.165, 1.54) is 37.8 Å². The number of anilines is 1. The molecule has 1 aromatic rings. The van der Waals surface area contributed by atoms with E-state index in [9.17, 15) is 8.42 Å². The third-order valence-electron chi connectivity index (χ3n) is 3.71. The lowest BCUT2D eigenvalue weighted by molar-refractivity contribution is 0.362. The molecule has 1 fully saturated rings. The summed E-state index contributed by atoms with van der Waals surface area (Å²) in [6.07, 6.45) is 5.13. The maximum atomic E-state index is 11.1. The molecule has 0 radical (unpaired) electrons. The molecule has 0 aliphatic heterocycles. The minimum atomic E-state index is -3.59. The molecule has 1 saturated carbocycles. The van der Waals surface area contributed by atoms with Gasteiger partial charge in [0, 0.05) is 12.2 Å². The molecule has 1 aromatic carbocycles. The first-order valence-corrected chi connectivity index (χ1v) is 7.81. The van der Waals surface area contributed by atoms with Crippen LogP contribution in [-0.2, 0) is 10.0 Å². The van der Waals surface area contributed by atoms with Crippen LogP contribution < -0.4 is 10.5 Å². The highest BCUT2D eigenvalue weighted by molar-refractivity contribution is 7.89. The third-order valence-corrected chi connectivity index (χ3v) is 4.64. The van der Waals surface area contributed by atoms with Gasteiger partial charge in [-0.15, -0.1) is 0 Å². The Balaban J connectivity index is 1.98. The average molecular weight is 268 g/mol. The number of sulfonamides is 1. The average Bonchev–Trinajstić information content (AvgIpc) is 2.74. The monoisotopic (exact) mass is 268 g/mol. The van der Waals surface area contributed by atoms with Gasteiger partial charge in [0.2, 0.25) is 10.0 Å². The van der Waals surface area contributed by atoms with E-state index in [0.29, 0.717) is 5.41 Å². The van der Waals surface area contributed by atoms with Crippen molar-refractivity contribution in [2.45, 2.75) is 37.5 Å². The summed E-state index contributed by atoms with van der Waals surface area (Å²) in [7, 11) is -3.59. The summed E-state index contributed by atoms with van der Waals surface area (Å²) in [5, 5.41) is 8.42. The van der Waals surface area contributed by atoms with Gasteiger partial charge in [-0.05, 0) is 42.5 Å². The van der Waals surface area contributed by atoms with Crippen molar-refractivity contribution in [1.82, 2.24) is 0 Å². The Morgan fingerprint density at radius 2 is 1.78 bits per heavy atom. The number of primary sulfonamides is 1. The van der Waals surface area contributed by atoms with E-state index in [2.05, 4.69) is 12.2 Å². The van der Waals surface area contributed by atoms with Crippen LogP contribution in [0.1, 0.15) is 32.6 Å². The fourth-order valence-corrected chi connectivity index (χ4v) is 3.00. The fraction of sp³-hybridized carbons (Fsp3) is 0.538. The standard InChI is InChI=1S/C13H20N2O2S/c1-13(8-2-3-9-13)10-15-11-4-6-12(7-5-11)18(14,16)17/h4-7,15H,2-3,8-10H2,1H3,(H2,14,16,17). The predicted molar refractivity (Wildman–Crippen MR) is 72.9 cm³/mol. The van der Waals surface area contributed by atoms with E-state index in [-0.39, 0.29) is 4.90 Å². The molecule has 0 aromatic heterocycles. The molecule has 18 heavy (non-hydrogen) atoms. The van der Waals surface area contributed by atoms with Gasteiger partial charge >= 0.3 is 0 Å². The fourth-order valence-electron chi connectivity index (χ4n) is 2.48. The van der Waals surface area contributed by atoms with Gasteiger partial charge in [-0.2, -0.15) is 0 Å². The summed E-state index contributed by atoms with van der Waals surface area (Å²) in [5.74, 6) is 0. The molecule has 0 spiro atoms. The minimum Gasteiger partial charge on any atom is -0.384 e. The zero-order valence-corrected chi connectivity index (χ0v) is 11.5. The molecule has 4 nitrogen and oxygen atoms in total. The van der Waals surface area contributed by atoms with Gasteiger partial charge in [-0.25, -0.2) is 13.6 Å². The lowest BCUT2D eigenvalue weighted by Crippen LogP contribution is -2.22. The van der Waals surface area contributed by atoms with Gasteiger partial charge < -0.3 is 5.32 Å². The normalized spacial score (nSPS) is 18.8. The second-order valence-electron chi connectivity index (χ2n) is 5.44. The van der Waals surface area contributed by atoms with Crippen molar-refractivity contribution < 1.29 is 8.42 Å². The van der Waals surface area contributed by atoms with Crippen LogP contribution in [0.4, 0.5) is 5.69 Å². The van der Waals surface area contributed by atoms with Crippen LogP contribution in [0.15, 0.2) is 29.2 Å². The van der Waals surface area contributed by atoms with Crippen LogP contribution in [-0.4, -0.2) is 15.0 Å². The molecule has 0 amide bonds. The molecule has 5 heteroatoms. The molecule has 3 N–H and O–H groups in total. The smallest absolute Gasteiger partial charge is 0.238 e. The SMILES string of the molecule is CC1(CNc2ccc(S(N)(=O)=O)cc2)CCCC1. The number of hydrogen-bond acceptors (Lipinski definition) is 3. The van der Waals surface area contributed by atoms with Gasteiger partial charge in [-0.1, -0.05) is 19.8 Å². The molecule has 0 heterocycles.